The summed E-state index contributed by atoms with van der Waals surface area (Å²) < 4.78 is 18.8. The van der Waals surface area contributed by atoms with Gasteiger partial charge in [-0.2, -0.15) is 0 Å². The van der Waals surface area contributed by atoms with Gasteiger partial charge >= 0.3 is 0 Å². The minimum absolute atomic E-state index is 0.0609. The van der Waals surface area contributed by atoms with Crippen LogP contribution in [0.4, 0.5) is 10.1 Å². The van der Waals surface area contributed by atoms with E-state index in [2.05, 4.69) is 16.0 Å². The number of halogens is 1. The van der Waals surface area contributed by atoms with Crippen LogP contribution in [0, 0.1) is 5.82 Å². The van der Waals surface area contributed by atoms with Crippen molar-refractivity contribution in [1.29, 1.82) is 0 Å². The van der Waals surface area contributed by atoms with Crippen molar-refractivity contribution in [2.24, 2.45) is 0 Å². The minimum Gasteiger partial charge on any atom is -0.494 e. The SMILES string of the molecule is COc1cc(F)ccc1NC1(C(=O)NCc2ccccc2)CCNCC1. The van der Waals surface area contributed by atoms with Crippen LogP contribution in [0.1, 0.15) is 18.4 Å². The number of carbonyl (C=O) groups is 1. The van der Waals surface area contributed by atoms with E-state index in [1.165, 1.54) is 19.2 Å². The number of rotatable bonds is 6. The third-order valence-electron chi connectivity index (χ3n) is 4.73. The van der Waals surface area contributed by atoms with Gasteiger partial charge < -0.3 is 20.7 Å². The van der Waals surface area contributed by atoms with Crippen LogP contribution >= 0.6 is 0 Å². The van der Waals surface area contributed by atoms with E-state index in [0.29, 0.717) is 30.8 Å². The number of anilines is 1. The Balaban J connectivity index is 1.79. The van der Waals surface area contributed by atoms with Gasteiger partial charge in [0.05, 0.1) is 12.8 Å². The molecular weight excluding hydrogens is 333 g/mol. The number of nitrogens with one attached hydrogen (secondary N) is 3. The molecule has 0 unspecified atom stereocenters. The predicted octanol–water partition coefficient (Wildman–Crippen LogP) is 2.68. The number of piperidine rings is 1. The fourth-order valence-corrected chi connectivity index (χ4v) is 3.24. The number of ether oxygens (including phenoxy) is 1. The predicted molar refractivity (Wildman–Crippen MR) is 99.7 cm³/mol. The largest absolute Gasteiger partial charge is 0.494 e. The molecule has 2 aromatic carbocycles. The van der Waals surface area contributed by atoms with E-state index in [9.17, 15) is 9.18 Å². The van der Waals surface area contributed by atoms with E-state index in [1.54, 1.807) is 6.07 Å². The average Bonchev–Trinajstić information content (AvgIpc) is 2.69. The number of carbonyl (C=O) groups excluding carboxylic acids is 1. The third-order valence-corrected chi connectivity index (χ3v) is 4.73. The first kappa shape index (κ1) is 18.2. The maximum Gasteiger partial charge on any atom is 0.246 e. The Morgan fingerprint density at radius 3 is 2.62 bits per heavy atom. The molecule has 0 atom stereocenters. The molecule has 0 spiro atoms. The van der Waals surface area contributed by atoms with Crippen molar-refractivity contribution < 1.29 is 13.9 Å². The normalized spacial score (nSPS) is 15.9. The van der Waals surface area contributed by atoms with E-state index < -0.39 is 5.54 Å². The molecule has 6 heteroatoms. The Morgan fingerprint density at radius 1 is 1.19 bits per heavy atom. The lowest BCUT2D eigenvalue weighted by Crippen LogP contribution is -2.57. The zero-order valence-electron chi connectivity index (χ0n) is 14.8. The second-order valence-corrected chi connectivity index (χ2v) is 6.47. The number of benzene rings is 2. The molecule has 138 valence electrons. The van der Waals surface area contributed by atoms with Crippen LogP contribution < -0.4 is 20.7 Å². The summed E-state index contributed by atoms with van der Waals surface area (Å²) in [7, 11) is 1.49. The van der Waals surface area contributed by atoms with Crippen molar-refractivity contribution in [1.82, 2.24) is 10.6 Å². The van der Waals surface area contributed by atoms with Gasteiger partial charge in [-0.1, -0.05) is 30.3 Å². The Bertz CT molecular complexity index is 746. The first-order valence-corrected chi connectivity index (χ1v) is 8.78. The lowest BCUT2D eigenvalue weighted by Gasteiger charge is -2.38. The maximum absolute atomic E-state index is 13.5. The van der Waals surface area contributed by atoms with E-state index >= 15 is 0 Å². The first-order chi connectivity index (χ1) is 12.6. The molecule has 0 aliphatic carbocycles. The third kappa shape index (κ3) is 4.14. The van der Waals surface area contributed by atoms with Gasteiger partial charge in [0.1, 0.15) is 17.1 Å². The Kier molecular flexibility index (Phi) is 5.73. The molecule has 5 nitrogen and oxygen atoms in total. The quantitative estimate of drug-likeness (QED) is 0.744. The highest BCUT2D eigenvalue weighted by molar-refractivity contribution is 5.90. The molecule has 26 heavy (non-hydrogen) atoms. The fourth-order valence-electron chi connectivity index (χ4n) is 3.24. The second-order valence-electron chi connectivity index (χ2n) is 6.47. The van der Waals surface area contributed by atoms with Crippen molar-refractivity contribution in [3.8, 4) is 5.75 Å². The van der Waals surface area contributed by atoms with Gasteiger partial charge in [0.2, 0.25) is 5.91 Å². The van der Waals surface area contributed by atoms with Crippen molar-refractivity contribution in [3.05, 3.63) is 59.9 Å². The highest BCUT2D eigenvalue weighted by atomic mass is 19.1. The van der Waals surface area contributed by atoms with Gasteiger partial charge in [0.15, 0.2) is 0 Å². The van der Waals surface area contributed by atoms with Crippen LogP contribution in [0.3, 0.4) is 0 Å². The van der Waals surface area contributed by atoms with Crippen LogP contribution in [0.5, 0.6) is 5.75 Å². The van der Waals surface area contributed by atoms with Gasteiger partial charge in [-0.15, -0.1) is 0 Å². The summed E-state index contributed by atoms with van der Waals surface area (Å²) in [6.45, 7) is 1.93. The molecule has 1 aliphatic heterocycles. The van der Waals surface area contributed by atoms with Gasteiger partial charge in [0, 0.05) is 12.6 Å². The van der Waals surface area contributed by atoms with Gasteiger partial charge in [-0.25, -0.2) is 4.39 Å². The summed E-state index contributed by atoms with van der Waals surface area (Å²) in [5, 5.41) is 9.65. The van der Waals surface area contributed by atoms with Crippen molar-refractivity contribution >= 4 is 11.6 Å². The highest BCUT2D eigenvalue weighted by Crippen LogP contribution is 2.31. The number of hydrogen-bond acceptors (Lipinski definition) is 4. The summed E-state index contributed by atoms with van der Waals surface area (Å²) in [5.41, 5.74) is 0.903. The zero-order chi connectivity index (χ0) is 18.4. The number of hydrogen-bond donors (Lipinski definition) is 3. The van der Waals surface area contributed by atoms with Crippen LogP contribution in [0.2, 0.25) is 0 Å². The Labute approximate surface area is 152 Å². The molecule has 1 fully saturated rings. The standard InChI is InChI=1S/C20H24FN3O2/c1-26-18-13-16(21)7-8-17(18)24-20(9-11-22-12-10-20)19(25)23-14-15-5-3-2-4-6-15/h2-8,13,22,24H,9-12,14H2,1H3,(H,23,25). The van der Waals surface area contributed by atoms with Crippen molar-refractivity contribution in [2.45, 2.75) is 24.9 Å². The molecular formula is C20H24FN3O2. The average molecular weight is 357 g/mol. The molecule has 2 aromatic rings. The highest BCUT2D eigenvalue weighted by Gasteiger charge is 2.40. The van der Waals surface area contributed by atoms with Crippen LogP contribution in [-0.2, 0) is 11.3 Å². The van der Waals surface area contributed by atoms with Crippen LogP contribution in [0.25, 0.3) is 0 Å². The van der Waals surface area contributed by atoms with E-state index in [0.717, 1.165) is 18.7 Å². The lowest BCUT2D eigenvalue weighted by molar-refractivity contribution is -0.126. The Hall–Kier alpha value is -2.60. The first-order valence-electron chi connectivity index (χ1n) is 8.78. The molecule has 0 bridgehead atoms. The monoisotopic (exact) mass is 357 g/mol. The second kappa shape index (κ2) is 8.19. The molecule has 3 N–H and O–H groups in total. The van der Waals surface area contributed by atoms with Crippen LogP contribution in [0.15, 0.2) is 48.5 Å². The smallest absolute Gasteiger partial charge is 0.246 e. The molecule has 0 saturated carbocycles. The summed E-state index contributed by atoms with van der Waals surface area (Å²) in [6, 6.07) is 14.1. The lowest BCUT2D eigenvalue weighted by atomic mass is 9.86. The molecule has 3 rings (SSSR count). The molecule has 1 heterocycles. The van der Waals surface area contributed by atoms with E-state index in [1.807, 2.05) is 30.3 Å². The molecule has 0 radical (unpaired) electrons. The number of methoxy groups -OCH3 is 1. The van der Waals surface area contributed by atoms with Gasteiger partial charge in [-0.3, -0.25) is 4.79 Å². The van der Waals surface area contributed by atoms with E-state index in [4.69, 9.17) is 4.74 Å². The molecule has 0 aromatic heterocycles. The number of amides is 1. The maximum atomic E-state index is 13.5. The summed E-state index contributed by atoms with van der Waals surface area (Å²) in [6.07, 6.45) is 1.27. The minimum atomic E-state index is -0.759. The van der Waals surface area contributed by atoms with Gasteiger partial charge in [-0.05, 0) is 43.6 Å². The van der Waals surface area contributed by atoms with E-state index in [-0.39, 0.29) is 11.7 Å². The molecule has 1 saturated heterocycles. The summed E-state index contributed by atoms with van der Waals surface area (Å²) >= 11 is 0. The topological polar surface area (TPSA) is 62.4 Å². The fraction of sp³-hybridized carbons (Fsp3) is 0.350. The van der Waals surface area contributed by atoms with Crippen molar-refractivity contribution in [3.63, 3.8) is 0 Å². The molecule has 1 amide bonds. The molecule has 1 aliphatic rings. The zero-order valence-corrected chi connectivity index (χ0v) is 14.8. The van der Waals surface area contributed by atoms with Crippen LogP contribution in [-0.4, -0.2) is 31.6 Å². The van der Waals surface area contributed by atoms with Crippen molar-refractivity contribution in [2.75, 3.05) is 25.5 Å². The summed E-state index contributed by atoms with van der Waals surface area (Å²) in [5.74, 6) is -0.0479. The Morgan fingerprint density at radius 2 is 1.92 bits per heavy atom. The summed E-state index contributed by atoms with van der Waals surface area (Å²) in [4.78, 5) is 13.0. The van der Waals surface area contributed by atoms with Gasteiger partial charge in [0.25, 0.3) is 0 Å².